The minimum atomic E-state index is -0.519. The third kappa shape index (κ3) is 4.83. The number of hydrogen-bond acceptors (Lipinski definition) is 5. The topological polar surface area (TPSA) is 64.1 Å². The first-order chi connectivity index (χ1) is 10.2. The van der Waals surface area contributed by atoms with Crippen molar-refractivity contribution in [1.29, 1.82) is 0 Å². The molecule has 122 valence electrons. The van der Waals surface area contributed by atoms with Gasteiger partial charge in [0.25, 0.3) is 0 Å². The molecule has 0 saturated heterocycles. The molecule has 1 aliphatic carbocycles. The Morgan fingerprint density at radius 3 is 2.50 bits per heavy atom. The molecule has 0 amide bonds. The van der Waals surface area contributed by atoms with Crippen molar-refractivity contribution in [2.24, 2.45) is 5.92 Å². The van der Waals surface area contributed by atoms with Crippen LogP contribution in [0.25, 0.3) is 0 Å². The Labute approximate surface area is 136 Å². The number of carbonyl (C=O) groups is 1. The molecule has 0 radical (unpaired) electrons. The maximum atomic E-state index is 12.4. The third-order valence-electron chi connectivity index (χ3n) is 3.29. The van der Waals surface area contributed by atoms with Crippen LogP contribution >= 0.6 is 11.6 Å². The number of ether oxygens (including phenoxy) is 1. The molecule has 2 rings (SSSR count). The Kier molecular flexibility index (Phi) is 4.95. The van der Waals surface area contributed by atoms with Crippen LogP contribution in [0.1, 0.15) is 59.2 Å². The quantitative estimate of drug-likeness (QED) is 0.659. The van der Waals surface area contributed by atoms with E-state index >= 15 is 0 Å². The van der Waals surface area contributed by atoms with Crippen molar-refractivity contribution in [2.45, 2.75) is 65.0 Å². The fourth-order valence-corrected chi connectivity index (χ4v) is 2.25. The van der Waals surface area contributed by atoms with E-state index in [1.165, 1.54) is 0 Å². The van der Waals surface area contributed by atoms with E-state index in [1.54, 1.807) is 6.07 Å². The molecule has 0 spiro atoms. The van der Waals surface area contributed by atoms with Gasteiger partial charge < -0.3 is 10.1 Å². The smallest absolute Gasteiger partial charge is 0.329 e. The number of carbonyl (C=O) groups excluding carboxylic acids is 1. The van der Waals surface area contributed by atoms with Crippen molar-refractivity contribution < 1.29 is 9.53 Å². The van der Waals surface area contributed by atoms with Gasteiger partial charge in [0, 0.05) is 12.0 Å². The Hall–Kier alpha value is -1.36. The van der Waals surface area contributed by atoms with E-state index in [0.717, 1.165) is 18.7 Å². The lowest BCUT2D eigenvalue weighted by Gasteiger charge is -2.27. The van der Waals surface area contributed by atoms with Crippen LogP contribution in [-0.4, -0.2) is 27.6 Å². The Balaban J connectivity index is 2.15. The number of aromatic nitrogens is 2. The summed E-state index contributed by atoms with van der Waals surface area (Å²) in [5.41, 5.74) is -0.519. The summed E-state index contributed by atoms with van der Waals surface area (Å²) in [7, 11) is 0. The highest BCUT2D eigenvalue weighted by Crippen LogP contribution is 2.38. The second kappa shape index (κ2) is 6.41. The van der Waals surface area contributed by atoms with E-state index in [4.69, 9.17) is 16.3 Å². The molecule has 1 N–H and O–H groups in total. The van der Waals surface area contributed by atoms with Crippen molar-refractivity contribution in [1.82, 2.24) is 9.97 Å². The van der Waals surface area contributed by atoms with E-state index in [1.807, 2.05) is 34.6 Å². The van der Waals surface area contributed by atoms with Gasteiger partial charge in [0.1, 0.15) is 28.4 Å². The van der Waals surface area contributed by atoms with Gasteiger partial charge in [0.15, 0.2) is 0 Å². The SMILES string of the molecule is CC(C)[C@@H](Nc1cc(Cl)nc(C2CC2)n1)C(=O)OC(C)(C)C. The van der Waals surface area contributed by atoms with Crippen molar-refractivity contribution in [2.75, 3.05) is 5.32 Å². The van der Waals surface area contributed by atoms with Gasteiger partial charge in [-0.15, -0.1) is 0 Å². The van der Waals surface area contributed by atoms with Crippen LogP contribution in [0.2, 0.25) is 5.15 Å². The number of hydrogen-bond donors (Lipinski definition) is 1. The van der Waals surface area contributed by atoms with Crippen LogP contribution in [0.4, 0.5) is 5.82 Å². The summed E-state index contributed by atoms with van der Waals surface area (Å²) >= 11 is 6.06. The van der Waals surface area contributed by atoms with E-state index in [-0.39, 0.29) is 11.9 Å². The third-order valence-corrected chi connectivity index (χ3v) is 3.48. The van der Waals surface area contributed by atoms with Crippen molar-refractivity contribution in [3.63, 3.8) is 0 Å². The van der Waals surface area contributed by atoms with Crippen LogP contribution in [0.5, 0.6) is 0 Å². The molecule has 22 heavy (non-hydrogen) atoms. The van der Waals surface area contributed by atoms with Gasteiger partial charge in [-0.3, -0.25) is 0 Å². The molecule has 0 bridgehead atoms. The molecular weight excluding hydrogens is 302 g/mol. The lowest BCUT2D eigenvalue weighted by molar-refractivity contribution is -0.156. The summed E-state index contributed by atoms with van der Waals surface area (Å²) in [6, 6.07) is 1.17. The van der Waals surface area contributed by atoms with E-state index < -0.39 is 11.6 Å². The fourth-order valence-electron chi connectivity index (χ4n) is 2.06. The van der Waals surface area contributed by atoms with Gasteiger partial charge in [0.05, 0.1) is 0 Å². The monoisotopic (exact) mass is 325 g/mol. The first kappa shape index (κ1) is 17.0. The molecular formula is C16H24ClN3O2. The van der Waals surface area contributed by atoms with Gasteiger partial charge >= 0.3 is 5.97 Å². The number of halogens is 1. The molecule has 0 aromatic carbocycles. The highest BCUT2D eigenvalue weighted by molar-refractivity contribution is 6.29. The predicted molar refractivity (Wildman–Crippen MR) is 87.1 cm³/mol. The van der Waals surface area contributed by atoms with Crippen LogP contribution in [0.3, 0.4) is 0 Å². The molecule has 1 aromatic heterocycles. The maximum Gasteiger partial charge on any atom is 0.329 e. The molecule has 1 aliphatic rings. The Morgan fingerprint density at radius 2 is 2.00 bits per heavy atom. The summed E-state index contributed by atoms with van der Waals surface area (Å²) in [6.45, 7) is 9.50. The predicted octanol–water partition coefficient (Wildman–Crippen LogP) is 3.79. The number of rotatable bonds is 5. The van der Waals surface area contributed by atoms with Gasteiger partial charge in [-0.2, -0.15) is 0 Å². The molecule has 1 saturated carbocycles. The Bertz CT molecular complexity index is 551. The average Bonchev–Trinajstić information content (AvgIpc) is 3.16. The van der Waals surface area contributed by atoms with Gasteiger partial charge in [0.2, 0.25) is 0 Å². The summed E-state index contributed by atoms with van der Waals surface area (Å²) in [5, 5.41) is 3.55. The average molecular weight is 326 g/mol. The number of nitrogens with zero attached hydrogens (tertiary/aromatic N) is 2. The van der Waals surface area contributed by atoms with Crippen molar-refractivity contribution in [3.05, 3.63) is 17.0 Å². The second-order valence-corrected chi connectivity index (χ2v) is 7.50. The Morgan fingerprint density at radius 1 is 1.36 bits per heavy atom. The van der Waals surface area contributed by atoms with E-state index in [0.29, 0.717) is 16.9 Å². The minimum Gasteiger partial charge on any atom is -0.458 e. The maximum absolute atomic E-state index is 12.4. The van der Waals surface area contributed by atoms with Crippen LogP contribution in [-0.2, 0) is 9.53 Å². The lowest BCUT2D eigenvalue weighted by atomic mass is 10.0. The molecule has 0 unspecified atom stereocenters. The number of nitrogens with one attached hydrogen (secondary N) is 1. The summed E-state index contributed by atoms with van der Waals surface area (Å²) in [4.78, 5) is 21.1. The summed E-state index contributed by atoms with van der Waals surface area (Å²) < 4.78 is 5.48. The van der Waals surface area contributed by atoms with E-state index in [2.05, 4.69) is 15.3 Å². The second-order valence-electron chi connectivity index (χ2n) is 7.11. The van der Waals surface area contributed by atoms with Gasteiger partial charge in [-0.05, 0) is 39.5 Å². The van der Waals surface area contributed by atoms with Gasteiger partial charge in [-0.25, -0.2) is 14.8 Å². The largest absolute Gasteiger partial charge is 0.458 e. The van der Waals surface area contributed by atoms with E-state index in [9.17, 15) is 4.79 Å². The molecule has 5 nitrogen and oxygen atoms in total. The zero-order valence-electron chi connectivity index (χ0n) is 13.8. The lowest BCUT2D eigenvalue weighted by Crippen LogP contribution is -2.40. The molecule has 0 aliphatic heterocycles. The number of esters is 1. The summed E-state index contributed by atoms with van der Waals surface area (Å²) in [6.07, 6.45) is 2.19. The van der Waals surface area contributed by atoms with Crippen LogP contribution in [0.15, 0.2) is 6.07 Å². The minimum absolute atomic E-state index is 0.0629. The van der Waals surface area contributed by atoms with Gasteiger partial charge in [-0.1, -0.05) is 25.4 Å². The van der Waals surface area contributed by atoms with Crippen molar-refractivity contribution >= 4 is 23.4 Å². The highest BCUT2D eigenvalue weighted by Gasteiger charge is 2.30. The summed E-state index contributed by atoms with van der Waals surface area (Å²) in [5.74, 6) is 1.50. The zero-order chi connectivity index (χ0) is 16.5. The highest BCUT2D eigenvalue weighted by atomic mass is 35.5. The molecule has 1 atom stereocenters. The molecule has 1 fully saturated rings. The van der Waals surface area contributed by atoms with Crippen LogP contribution in [0, 0.1) is 5.92 Å². The molecule has 1 heterocycles. The number of anilines is 1. The standard InChI is InChI=1S/C16H24ClN3O2/c1-9(2)13(15(21)22-16(3,4)5)19-12-8-11(17)18-14(20-12)10-6-7-10/h8-10,13H,6-7H2,1-5H3,(H,18,19,20)/t13-/m1/s1. The van der Waals surface area contributed by atoms with Crippen LogP contribution < -0.4 is 5.32 Å². The normalized spacial score (nSPS) is 16.5. The van der Waals surface area contributed by atoms with Crippen molar-refractivity contribution in [3.8, 4) is 0 Å². The first-order valence-electron chi connectivity index (χ1n) is 7.69. The molecule has 1 aromatic rings. The zero-order valence-corrected chi connectivity index (χ0v) is 14.6. The first-order valence-corrected chi connectivity index (χ1v) is 8.07. The molecule has 6 heteroatoms. The fraction of sp³-hybridized carbons (Fsp3) is 0.688.